The van der Waals surface area contributed by atoms with Crippen molar-refractivity contribution >= 4 is 33.2 Å². The molecule has 7 nitrogen and oxygen atoms in total. The molecule has 6 rings (SSSR count). The minimum absolute atomic E-state index is 0.126. The van der Waals surface area contributed by atoms with Crippen molar-refractivity contribution in [1.29, 1.82) is 0 Å². The number of fused-ring (bicyclic) bond motifs is 4. The predicted octanol–water partition coefficient (Wildman–Crippen LogP) is 4.71. The number of aryl methyl sites for hydroxylation is 1. The van der Waals surface area contributed by atoms with Gasteiger partial charge in [0.25, 0.3) is 5.56 Å². The van der Waals surface area contributed by atoms with Crippen molar-refractivity contribution in [2.24, 2.45) is 0 Å². The van der Waals surface area contributed by atoms with E-state index in [1.807, 2.05) is 84.3 Å². The summed E-state index contributed by atoms with van der Waals surface area (Å²) in [4.78, 5) is 28.2. The van der Waals surface area contributed by atoms with Crippen LogP contribution in [0.4, 0.5) is 0 Å². The first-order valence-electron chi connectivity index (χ1n) is 11.4. The van der Waals surface area contributed by atoms with E-state index >= 15 is 0 Å². The molecule has 0 atom stereocenters. The Bertz CT molecular complexity index is 1750. The summed E-state index contributed by atoms with van der Waals surface area (Å²) in [5.74, 6) is 0.791. The van der Waals surface area contributed by atoms with Crippen LogP contribution in [-0.4, -0.2) is 31.2 Å². The third-order valence-electron chi connectivity index (χ3n) is 6.29. The Kier molecular flexibility index (Phi) is 5.03. The molecule has 3 aromatic heterocycles. The Hall–Kier alpha value is -4.52. The SMILES string of the molecule is COc1ccc(Cn2c3nc4ccccc4nc3c3c(=O)n(Cc4ccc(C)cc4)cnc32)cc1. The van der Waals surface area contributed by atoms with Gasteiger partial charge in [0.15, 0.2) is 11.3 Å². The van der Waals surface area contributed by atoms with Crippen molar-refractivity contribution < 1.29 is 4.74 Å². The lowest BCUT2D eigenvalue weighted by molar-refractivity contribution is 0.414. The summed E-state index contributed by atoms with van der Waals surface area (Å²) in [5, 5.41) is 0.487. The summed E-state index contributed by atoms with van der Waals surface area (Å²) in [6.45, 7) is 2.99. The fourth-order valence-corrected chi connectivity index (χ4v) is 4.41. The van der Waals surface area contributed by atoms with Crippen molar-refractivity contribution in [2.75, 3.05) is 7.11 Å². The molecule has 7 heteroatoms. The number of para-hydroxylation sites is 2. The highest BCUT2D eigenvalue weighted by molar-refractivity contribution is 6.04. The molecule has 0 unspecified atom stereocenters. The van der Waals surface area contributed by atoms with Gasteiger partial charge in [-0.25, -0.2) is 15.0 Å². The second-order valence-corrected chi connectivity index (χ2v) is 8.68. The number of benzene rings is 3. The maximum atomic E-state index is 13.7. The first-order valence-corrected chi connectivity index (χ1v) is 11.4. The quantitative estimate of drug-likeness (QED) is 0.372. The molecule has 0 aliphatic carbocycles. The molecule has 0 radical (unpaired) electrons. The van der Waals surface area contributed by atoms with Crippen LogP contribution in [-0.2, 0) is 13.1 Å². The molecule has 0 N–H and O–H groups in total. The summed E-state index contributed by atoms with van der Waals surface area (Å²) in [6, 6.07) is 23.7. The first kappa shape index (κ1) is 21.0. The number of hydrogen-bond donors (Lipinski definition) is 0. The zero-order chi connectivity index (χ0) is 23.9. The normalized spacial score (nSPS) is 11.5. The van der Waals surface area contributed by atoms with E-state index in [2.05, 4.69) is 0 Å². The zero-order valence-electron chi connectivity index (χ0n) is 19.5. The van der Waals surface area contributed by atoms with Crippen molar-refractivity contribution in [3.8, 4) is 5.75 Å². The molecular formula is C28H23N5O2. The van der Waals surface area contributed by atoms with E-state index in [1.54, 1.807) is 18.0 Å². The summed E-state index contributed by atoms with van der Waals surface area (Å²) >= 11 is 0. The minimum atomic E-state index is -0.126. The van der Waals surface area contributed by atoms with Crippen molar-refractivity contribution in [1.82, 2.24) is 24.1 Å². The lowest BCUT2D eigenvalue weighted by atomic mass is 10.1. The van der Waals surface area contributed by atoms with Crippen LogP contribution in [0.5, 0.6) is 5.75 Å². The lowest BCUT2D eigenvalue weighted by Crippen LogP contribution is -2.21. The molecule has 3 aromatic carbocycles. The van der Waals surface area contributed by atoms with Gasteiger partial charge in [0.1, 0.15) is 23.0 Å². The third-order valence-corrected chi connectivity index (χ3v) is 6.29. The van der Waals surface area contributed by atoms with Crippen LogP contribution < -0.4 is 10.3 Å². The molecule has 0 fully saturated rings. The van der Waals surface area contributed by atoms with Gasteiger partial charge in [0, 0.05) is 0 Å². The maximum Gasteiger partial charge on any atom is 0.265 e. The highest BCUT2D eigenvalue weighted by atomic mass is 16.5. The first-order chi connectivity index (χ1) is 17.1. The summed E-state index contributed by atoms with van der Waals surface area (Å²) in [7, 11) is 1.65. The minimum Gasteiger partial charge on any atom is -0.497 e. The number of nitrogens with zero attached hydrogens (tertiary/aromatic N) is 5. The molecule has 0 saturated heterocycles. The van der Waals surface area contributed by atoms with Crippen LogP contribution in [0.25, 0.3) is 33.2 Å². The highest BCUT2D eigenvalue weighted by Gasteiger charge is 2.20. The molecule has 6 aromatic rings. The second kappa shape index (κ2) is 8.36. The van der Waals surface area contributed by atoms with Gasteiger partial charge in [-0.05, 0) is 42.3 Å². The molecule has 0 aliphatic rings. The third kappa shape index (κ3) is 3.71. The summed E-state index contributed by atoms with van der Waals surface area (Å²) in [5.41, 5.74) is 6.46. The molecule has 0 saturated carbocycles. The van der Waals surface area contributed by atoms with Gasteiger partial charge in [-0.2, -0.15) is 0 Å². The van der Waals surface area contributed by atoms with Crippen molar-refractivity contribution in [3.05, 3.63) is 106 Å². The fourth-order valence-electron chi connectivity index (χ4n) is 4.41. The molecule has 0 aliphatic heterocycles. The van der Waals surface area contributed by atoms with Crippen LogP contribution in [0, 0.1) is 6.92 Å². The molecule has 35 heavy (non-hydrogen) atoms. The van der Waals surface area contributed by atoms with Crippen LogP contribution in [0.3, 0.4) is 0 Å². The lowest BCUT2D eigenvalue weighted by Gasteiger charge is -2.09. The number of methoxy groups -OCH3 is 1. The van der Waals surface area contributed by atoms with Crippen molar-refractivity contribution in [2.45, 2.75) is 20.0 Å². The van der Waals surface area contributed by atoms with E-state index in [0.29, 0.717) is 35.3 Å². The van der Waals surface area contributed by atoms with E-state index < -0.39 is 0 Å². The predicted molar refractivity (Wildman–Crippen MR) is 137 cm³/mol. The van der Waals surface area contributed by atoms with E-state index in [-0.39, 0.29) is 5.56 Å². The van der Waals surface area contributed by atoms with Gasteiger partial charge in [0.05, 0.1) is 31.2 Å². The average molecular weight is 462 g/mol. The standard InChI is InChI=1S/C28H23N5O2/c1-18-7-9-19(10-8-18)15-32-17-29-26-24(28(32)34)25-27(31-23-6-4-3-5-22(23)30-25)33(26)16-20-11-13-21(35-2)14-12-20/h3-14,17H,15-16H2,1-2H3. The monoisotopic (exact) mass is 461 g/mol. The number of aromatic nitrogens is 5. The maximum absolute atomic E-state index is 13.7. The van der Waals surface area contributed by atoms with Crippen molar-refractivity contribution in [3.63, 3.8) is 0 Å². The summed E-state index contributed by atoms with van der Waals surface area (Å²) < 4.78 is 8.91. The zero-order valence-corrected chi connectivity index (χ0v) is 19.5. The molecule has 0 bridgehead atoms. The highest BCUT2D eigenvalue weighted by Crippen LogP contribution is 2.26. The van der Waals surface area contributed by atoms with Gasteiger partial charge >= 0.3 is 0 Å². The van der Waals surface area contributed by atoms with Gasteiger partial charge in [-0.3, -0.25) is 9.36 Å². The smallest absolute Gasteiger partial charge is 0.265 e. The van der Waals surface area contributed by atoms with Gasteiger partial charge in [0.2, 0.25) is 0 Å². The average Bonchev–Trinajstić information content (AvgIpc) is 3.19. The van der Waals surface area contributed by atoms with Gasteiger partial charge in [-0.15, -0.1) is 0 Å². The molecule has 0 spiro atoms. The Morgan fingerprint density at radius 2 is 1.46 bits per heavy atom. The van der Waals surface area contributed by atoms with Crippen LogP contribution in [0.15, 0.2) is 83.9 Å². The number of ether oxygens (including phenoxy) is 1. The van der Waals surface area contributed by atoms with E-state index in [9.17, 15) is 4.79 Å². The largest absolute Gasteiger partial charge is 0.497 e. The van der Waals surface area contributed by atoms with Gasteiger partial charge in [-0.1, -0.05) is 54.1 Å². The Labute approximate surface area is 201 Å². The topological polar surface area (TPSA) is 74.8 Å². The van der Waals surface area contributed by atoms with Crippen LogP contribution >= 0.6 is 0 Å². The van der Waals surface area contributed by atoms with Crippen LogP contribution in [0.2, 0.25) is 0 Å². The Morgan fingerprint density at radius 1 is 0.800 bits per heavy atom. The van der Waals surface area contributed by atoms with E-state index in [4.69, 9.17) is 19.7 Å². The van der Waals surface area contributed by atoms with E-state index in [0.717, 1.165) is 27.9 Å². The molecule has 172 valence electrons. The number of hydrogen-bond acceptors (Lipinski definition) is 5. The number of rotatable bonds is 5. The molecule has 3 heterocycles. The molecular weight excluding hydrogens is 438 g/mol. The second-order valence-electron chi connectivity index (χ2n) is 8.68. The summed E-state index contributed by atoms with van der Waals surface area (Å²) in [6.07, 6.45) is 1.62. The van der Waals surface area contributed by atoms with Crippen LogP contribution in [0.1, 0.15) is 16.7 Å². The van der Waals surface area contributed by atoms with E-state index in [1.165, 1.54) is 5.56 Å². The molecule has 0 amide bonds. The fraction of sp³-hybridized carbons (Fsp3) is 0.143. The van der Waals surface area contributed by atoms with Gasteiger partial charge < -0.3 is 9.30 Å². The Balaban J connectivity index is 1.57. The Morgan fingerprint density at radius 3 is 2.17 bits per heavy atom.